The minimum absolute atomic E-state index is 0.212. The lowest BCUT2D eigenvalue weighted by molar-refractivity contribution is -0.147. The monoisotopic (exact) mass is 309 g/mol. The summed E-state index contributed by atoms with van der Waals surface area (Å²) in [5, 5.41) is 9.26. The van der Waals surface area contributed by atoms with Crippen LogP contribution in [0.2, 0.25) is 0 Å². The van der Waals surface area contributed by atoms with Crippen LogP contribution in [0.3, 0.4) is 0 Å². The number of urea groups is 1. The maximum Gasteiger partial charge on any atom is 0.320 e. The first-order valence-corrected chi connectivity index (χ1v) is 8.36. The molecule has 3 aliphatic heterocycles. The Labute approximate surface area is 132 Å². The van der Waals surface area contributed by atoms with Gasteiger partial charge in [-0.05, 0) is 38.5 Å². The van der Waals surface area contributed by atoms with E-state index in [4.69, 9.17) is 0 Å². The van der Waals surface area contributed by atoms with Gasteiger partial charge in [0.2, 0.25) is 0 Å². The third kappa shape index (κ3) is 2.93. The van der Waals surface area contributed by atoms with Crippen molar-refractivity contribution in [1.29, 1.82) is 0 Å². The molecule has 0 aromatic heterocycles. The lowest BCUT2D eigenvalue weighted by atomic mass is 9.93. The standard InChI is InChI=1S/C16H27N3O3/c1-16(2,14(20)21)11-17-7-12-9-19(10-13(12)8-17)15(22)18-5-3-4-6-18/h12-13H,3-11H2,1-2H3,(H,20,21). The van der Waals surface area contributed by atoms with E-state index in [0.717, 1.165) is 52.1 Å². The molecule has 3 rings (SSSR count). The first-order valence-electron chi connectivity index (χ1n) is 8.36. The second-order valence-corrected chi connectivity index (χ2v) is 7.78. The molecule has 3 aliphatic rings. The molecule has 3 fully saturated rings. The van der Waals surface area contributed by atoms with Crippen LogP contribution in [0.25, 0.3) is 0 Å². The number of likely N-dealkylation sites (tertiary alicyclic amines) is 3. The van der Waals surface area contributed by atoms with Crippen molar-refractivity contribution in [2.75, 3.05) is 45.8 Å². The van der Waals surface area contributed by atoms with Crippen LogP contribution in [0.5, 0.6) is 0 Å². The molecule has 0 radical (unpaired) electrons. The number of aliphatic carboxylic acids is 1. The Hall–Kier alpha value is -1.30. The molecule has 3 heterocycles. The number of carbonyl (C=O) groups is 2. The number of carboxylic acids is 1. The highest BCUT2D eigenvalue weighted by atomic mass is 16.4. The predicted octanol–water partition coefficient (Wildman–Crippen LogP) is 1.18. The molecule has 2 atom stereocenters. The van der Waals surface area contributed by atoms with Crippen LogP contribution in [0.1, 0.15) is 26.7 Å². The summed E-state index contributed by atoms with van der Waals surface area (Å²) in [4.78, 5) is 30.0. The Balaban J connectivity index is 1.52. The molecule has 0 bridgehead atoms. The molecule has 0 aliphatic carbocycles. The molecule has 2 amide bonds. The minimum atomic E-state index is -0.740. The van der Waals surface area contributed by atoms with E-state index in [1.165, 1.54) is 0 Å². The highest BCUT2D eigenvalue weighted by molar-refractivity contribution is 5.75. The summed E-state index contributed by atoms with van der Waals surface area (Å²) in [6, 6.07) is 0.212. The van der Waals surface area contributed by atoms with Gasteiger partial charge in [-0.2, -0.15) is 0 Å². The number of nitrogens with zero attached hydrogens (tertiary/aromatic N) is 3. The van der Waals surface area contributed by atoms with E-state index >= 15 is 0 Å². The van der Waals surface area contributed by atoms with Gasteiger partial charge in [0.15, 0.2) is 0 Å². The van der Waals surface area contributed by atoms with Crippen LogP contribution in [0.4, 0.5) is 4.79 Å². The average molecular weight is 309 g/mol. The lowest BCUT2D eigenvalue weighted by Gasteiger charge is -2.29. The molecular formula is C16H27N3O3. The van der Waals surface area contributed by atoms with E-state index in [0.29, 0.717) is 18.4 Å². The van der Waals surface area contributed by atoms with E-state index in [-0.39, 0.29) is 6.03 Å². The second-order valence-electron chi connectivity index (χ2n) is 7.78. The Morgan fingerprint density at radius 3 is 2.05 bits per heavy atom. The fourth-order valence-corrected chi connectivity index (χ4v) is 4.11. The molecule has 0 aromatic carbocycles. The van der Waals surface area contributed by atoms with Gasteiger partial charge < -0.3 is 19.8 Å². The normalized spacial score (nSPS) is 29.2. The number of rotatable bonds is 3. The molecule has 0 aromatic rings. The van der Waals surface area contributed by atoms with Crippen molar-refractivity contribution in [3.8, 4) is 0 Å². The maximum absolute atomic E-state index is 12.4. The summed E-state index contributed by atoms with van der Waals surface area (Å²) >= 11 is 0. The molecule has 3 saturated heterocycles. The molecule has 0 spiro atoms. The molecule has 124 valence electrons. The van der Waals surface area contributed by atoms with Crippen LogP contribution in [-0.4, -0.2) is 77.6 Å². The number of amides is 2. The van der Waals surface area contributed by atoms with Crippen molar-refractivity contribution in [3.63, 3.8) is 0 Å². The molecular weight excluding hydrogens is 282 g/mol. The molecule has 0 saturated carbocycles. The van der Waals surface area contributed by atoms with Crippen LogP contribution in [0.15, 0.2) is 0 Å². The highest BCUT2D eigenvalue weighted by Crippen LogP contribution is 2.33. The predicted molar refractivity (Wildman–Crippen MR) is 82.6 cm³/mol. The zero-order valence-electron chi connectivity index (χ0n) is 13.6. The van der Waals surface area contributed by atoms with Crippen molar-refractivity contribution < 1.29 is 14.7 Å². The van der Waals surface area contributed by atoms with Gasteiger partial charge in [0, 0.05) is 45.8 Å². The summed E-state index contributed by atoms with van der Waals surface area (Å²) in [6.45, 7) is 9.49. The van der Waals surface area contributed by atoms with Gasteiger partial charge in [0.1, 0.15) is 0 Å². The first-order chi connectivity index (χ1) is 10.4. The first kappa shape index (κ1) is 15.6. The zero-order valence-corrected chi connectivity index (χ0v) is 13.6. The number of carbonyl (C=O) groups excluding carboxylic acids is 1. The van der Waals surface area contributed by atoms with Crippen molar-refractivity contribution in [3.05, 3.63) is 0 Å². The number of carboxylic acid groups (broad SMARTS) is 1. The molecule has 6 nitrogen and oxygen atoms in total. The smallest absolute Gasteiger partial charge is 0.320 e. The Morgan fingerprint density at radius 1 is 1.00 bits per heavy atom. The van der Waals surface area contributed by atoms with Crippen molar-refractivity contribution >= 4 is 12.0 Å². The van der Waals surface area contributed by atoms with Crippen LogP contribution in [0, 0.1) is 17.3 Å². The van der Waals surface area contributed by atoms with E-state index in [1.54, 1.807) is 13.8 Å². The van der Waals surface area contributed by atoms with E-state index in [9.17, 15) is 14.7 Å². The fraction of sp³-hybridized carbons (Fsp3) is 0.875. The largest absolute Gasteiger partial charge is 0.481 e. The van der Waals surface area contributed by atoms with E-state index < -0.39 is 11.4 Å². The Kier molecular flexibility index (Phi) is 4.05. The van der Waals surface area contributed by atoms with E-state index in [1.807, 2.05) is 9.80 Å². The summed E-state index contributed by atoms with van der Waals surface area (Å²) in [7, 11) is 0. The van der Waals surface area contributed by atoms with Gasteiger partial charge in [-0.15, -0.1) is 0 Å². The zero-order chi connectivity index (χ0) is 15.9. The van der Waals surface area contributed by atoms with Gasteiger partial charge in [-0.25, -0.2) is 4.79 Å². The number of hydrogen-bond donors (Lipinski definition) is 1. The lowest BCUT2D eigenvalue weighted by Crippen LogP contribution is -2.43. The molecule has 6 heteroatoms. The summed E-state index contributed by atoms with van der Waals surface area (Å²) in [5.74, 6) is 0.280. The van der Waals surface area contributed by atoms with Gasteiger partial charge in [-0.3, -0.25) is 4.79 Å². The minimum Gasteiger partial charge on any atom is -0.481 e. The van der Waals surface area contributed by atoms with Crippen molar-refractivity contribution in [1.82, 2.24) is 14.7 Å². The SMILES string of the molecule is CC(C)(CN1CC2CN(C(=O)N3CCCC3)CC2C1)C(=O)O. The third-order valence-electron chi connectivity index (χ3n) is 5.41. The topological polar surface area (TPSA) is 64.1 Å². The summed E-state index contributed by atoms with van der Waals surface area (Å²) in [5.41, 5.74) is -0.705. The quantitative estimate of drug-likeness (QED) is 0.850. The molecule has 1 N–H and O–H groups in total. The summed E-state index contributed by atoms with van der Waals surface area (Å²) in [6.07, 6.45) is 2.26. The van der Waals surface area contributed by atoms with Gasteiger partial charge in [0.05, 0.1) is 5.41 Å². The number of fused-ring (bicyclic) bond motifs is 1. The Morgan fingerprint density at radius 2 is 1.55 bits per heavy atom. The third-order valence-corrected chi connectivity index (χ3v) is 5.41. The van der Waals surface area contributed by atoms with Crippen LogP contribution >= 0.6 is 0 Å². The average Bonchev–Trinajstić information content (AvgIpc) is 3.11. The summed E-state index contributed by atoms with van der Waals surface area (Å²) < 4.78 is 0. The van der Waals surface area contributed by atoms with Crippen LogP contribution < -0.4 is 0 Å². The molecule has 2 unspecified atom stereocenters. The second kappa shape index (κ2) is 5.72. The van der Waals surface area contributed by atoms with E-state index in [2.05, 4.69) is 4.90 Å². The van der Waals surface area contributed by atoms with Crippen LogP contribution in [-0.2, 0) is 4.79 Å². The van der Waals surface area contributed by atoms with Gasteiger partial charge in [-0.1, -0.05) is 0 Å². The van der Waals surface area contributed by atoms with Gasteiger partial charge in [0.25, 0.3) is 0 Å². The van der Waals surface area contributed by atoms with Crippen molar-refractivity contribution in [2.24, 2.45) is 17.3 Å². The fourth-order valence-electron chi connectivity index (χ4n) is 4.11. The number of hydrogen-bond acceptors (Lipinski definition) is 3. The maximum atomic E-state index is 12.4. The van der Waals surface area contributed by atoms with Gasteiger partial charge >= 0.3 is 12.0 Å². The van der Waals surface area contributed by atoms with Crippen molar-refractivity contribution in [2.45, 2.75) is 26.7 Å². The molecule has 22 heavy (non-hydrogen) atoms. The highest BCUT2D eigenvalue weighted by Gasteiger charge is 2.44. The Bertz CT molecular complexity index is 446.